The van der Waals surface area contributed by atoms with Gasteiger partial charge in [0.05, 0.1) is 35.0 Å². The first kappa shape index (κ1) is 16.6. The van der Waals surface area contributed by atoms with E-state index < -0.39 is 5.92 Å². The maximum absolute atomic E-state index is 12.7. The zero-order valence-electron chi connectivity index (χ0n) is 13.8. The first-order valence-corrected chi connectivity index (χ1v) is 8.64. The molecule has 0 bridgehead atoms. The summed E-state index contributed by atoms with van der Waals surface area (Å²) in [5.41, 5.74) is 1.27. The molecule has 0 radical (unpaired) electrons. The van der Waals surface area contributed by atoms with Crippen LogP contribution < -0.4 is 5.32 Å². The van der Waals surface area contributed by atoms with Crippen molar-refractivity contribution < 1.29 is 14.0 Å². The lowest BCUT2D eigenvalue weighted by atomic mass is 10.1. The van der Waals surface area contributed by atoms with Gasteiger partial charge in [-0.15, -0.1) is 0 Å². The van der Waals surface area contributed by atoms with E-state index >= 15 is 0 Å². The highest BCUT2D eigenvalue weighted by Crippen LogP contribution is 2.29. The lowest BCUT2D eigenvalue weighted by Gasteiger charge is -2.15. The second kappa shape index (κ2) is 6.80. The Labute approximate surface area is 154 Å². The lowest BCUT2D eigenvalue weighted by Crippen LogP contribution is -2.28. The number of benzene rings is 1. The molecule has 1 aliphatic heterocycles. The Morgan fingerprint density at radius 1 is 1.31 bits per heavy atom. The highest BCUT2D eigenvalue weighted by molar-refractivity contribution is 6.35. The largest absolute Gasteiger partial charge is 0.467 e. The van der Waals surface area contributed by atoms with Crippen LogP contribution in [0.1, 0.15) is 12.2 Å². The predicted molar refractivity (Wildman–Crippen MR) is 97.6 cm³/mol. The quantitative estimate of drug-likeness (QED) is 0.764. The molecule has 26 heavy (non-hydrogen) atoms. The van der Waals surface area contributed by atoms with E-state index in [0.717, 1.165) is 5.39 Å². The topological polar surface area (TPSA) is 75.4 Å². The van der Waals surface area contributed by atoms with E-state index in [1.165, 1.54) is 0 Å². The number of carbonyl (C=O) groups excluding carboxylic acids is 2. The van der Waals surface area contributed by atoms with Crippen LogP contribution >= 0.6 is 11.6 Å². The van der Waals surface area contributed by atoms with Crippen molar-refractivity contribution >= 4 is 40.0 Å². The van der Waals surface area contributed by atoms with E-state index in [-0.39, 0.29) is 18.2 Å². The van der Waals surface area contributed by atoms with Gasteiger partial charge in [0.15, 0.2) is 0 Å². The summed E-state index contributed by atoms with van der Waals surface area (Å²) >= 11 is 6.16. The molecule has 1 N–H and O–H groups in total. The second-order valence-electron chi connectivity index (χ2n) is 6.24. The Hall–Kier alpha value is -2.86. The van der Waals surface area contributed by atoms with Gasteiger partial charge in [-0.3, -0.25) is 14.6 Å². The van der Waals surface area contributed by atoms with Gasteiger partial charge in [0, 0.05) is 24.5 Å². The van der Waals surface area contributed by atoms with Crippen molar-refractivity contribution in [2.45, 2.75) is 13.0 Å². The number of amides is 2. The number of hydrogen-bond acceptors (Lipinski definition) is 4. The number of likely N-dealkylation sites (tertiary alicyclic amines) is 1. The van der Waals surface area contributed by atoms with E-state index in [0.29, 0.717) is 35.1 Å². The Bertz CT molecular complexity index is 971. The second-order valence-corrected chi connectivity index (χ2v) is 6.65. The maximum atomic E-state index is 12.7. The summed E-state index contributed by atoms with van der Waals surface area (Å²) in [7, 11) is 0. The van der Waals surface area contributed by atoms with Crippen molar-refractivity contribution in [3.05, 3.63) is 59.6 Å². The fraction of sp³-hybridized carbons (Fsp3) is 0.211. The summed E-state index contributed by atoms with van der Waals surface area (Å²) in [6, 6.07) is 10.7. The first-order valence-electron chi connectivity index (χ1n) is 8.26. The van der Waals surface area contributed by atoms with Gasteiger partial charge >= 0.3 is 0 Å². The average Bonchev–Trinajstić information content (AvgIpc) is 3.28. The van der Waals surface area contributed by atoms with E-state index in [1.807, 2.05) is 12.1 Å². The normalized spacial score (nSPS) is 17.0. The minimum atomic E-state index is -0.403. The van der Waals surface area contributed by atoms with Crippen molar-refractivity contribution in [2.75, 3.05) is 11.9 Å². The fourth-order valence-electron chi connectivity index (χ4n) is 3.17. The number of halogens is 1. The Morgan fingerprint density at radius 2 is 2.19 bits per heavy atom. The SMILES string of the molecule is O=C(Nc1ccc(Cl)c2ncccc12)[C@H]1CC(=O)N(Cc2ccco2)C1. The summed E-state index contributed by atoms with van der Waals surface area (Å²) in [6.45, 7) is 0.749. The summed E-state index contributed by atoms with van der Waals surface area (Å²) in [4.78, 5) is 30.8. The molecule has 1 aliphatic rings. The molecule has 4 rings (SSSR count). The van der Waals surface area contributed by atoms with Crippen LogP contribution in [0.25, 0.3) is 10.9 Å². The zero-order chi connectivity index (χ0) is 18.1. The van der Waals surface area contributed by atoms with Gasteiger partial charge in [0.2, 0.25) is 11.8 Å². The van der Waals surface area contributed by atoms with E-state index in [9.17, 15) is 9.59 Å². The van der Waals surface area contributed by atoms with Gasteiger partial charge in [-0.05, 0) is 36.4 Å². The van der Waals surface area contributed by atoms with Crippen molar-refractivity contribution in [3.63, 3.8) is 0 Å². The van der Waals surface area contributed by atoms with Crippen LogP contribution in [0.5, 0.6) is 0 Å². The van der Waals surface area contributed by atoms with Crippen molar-refractivity contribution in [2.24, 2.45) is 5.92 Å². The lowest BCUT2D eigenvalue weighted by molar-refractivity contribution is -0.128. The number of anilines is 1. The number of nitrogens with one attached hydrogen (secondary N) is 1. The average molecular weight is 370 g/mol. The van der Waals surface area contributed by atoms with E-state index in [2.05, 4.69) is 10.3 Å². The van der Waals surface area contributed by atoms with Gasteiger partial charge in [-0.2, -0.15) is 0 Å². The molecule has 3 aromatic rings. The number of carbonyl (C=O) groups is 2. The molecule has 2 aromatic heterocycles. The van der Waals surface area contributed by atoms with Gasteiger partial charge in [0.25, 0.3) is 0 Å². The zero-order valence-corrected chi connectivity index (χ0v) is 14.6. The molecule has 0 spiro atoms. The predicted octanol–water partition coefficient (Wildman–Crippen LogP) is 3.47. The third kappa shape index (κ3) is 3.15. The minimum absolute atomic E-state index is 0.0517. The molecule has 6 nitrogen and oxygen atoms in total. The van der Waals surface area contributed by atoms with Crippen molar-refractivity contribution in [1.29, 1.82) is 0 Å². The number of furan rings is 1. The molecule has 0 saturated carbocycles. The molecule has 1 atom stereocenters. The van der Waals surface area contributed by atoms with Crippen LogP contribution in [-0.2, 0) is 16.1 Å². The standard InChI is InChI=1S/C19H16ClN3O3/c20-15-5-6-16(14-4-1-7-21-18(14)15)22-19(25)12-9-17(24)23(10-12)11-13-3-2-8-26-13/h1-8,12H,9-11H2,(H,22,25)/t12-/m0/s1. The molecule has 0 unspecified atom stereocenters. The monoisotopic (exact) mass is 369 g/mol. The van der Waals surface area contributed by atoms with Crippen molar-refractivity contribution in [3.8, 4) is 0 Å². The number of rotatable bonds is 4. The smallest absolute Gasteiger partial charge is 0.229 e. The van der Waals surface area contributed by atoms with Gasteiger partial charge < -0.3 is 14.6 Å². The number of hydrogen-bond donors (Lipinski definition) is 1. The van der Waals surface area contributed by atoms with Crippen LogP contribution in [0.15, 0.2) is 53.3 Å². The van der Waals surface area contributed by atoms with Gasteiger partial charge in [-0.1, -0.05) is 11.6 Å². The highest BCUT2D eigenvalue weighted by Gasteiger charge is 2.34. The Morgan fingerprint density at radius 3 is 3.00 bits per heavy atom. The Balaban J connectivity index is 1.49. The molecule has 3 heterocycles. The number of nitrogens with zero attached hydrogens (tertiary/aromatic N) is 2. The van der Waals surface area contributed by atoms with E-state index in [1.54, 1.807) is 41.6 Å². The van der Waals surface area contributed by atoms with Crippen LogP contribution in [0.3, 0.4) is 0 Å². The first-order chi connectivity index (χ1) is 12.6. The van der Waals surface area contributed by atoms with Crippen molar-refractivity contribution in [1.82, 2.24) is 9.88 Å². The van der Waals surface area contributed by atoms with Gasteiger partial charge in [-0.25, -0.2) is 0 Å². The summed E-state index contributed by atoms with van der Waals surface area (Å²) in [5.74, 6) is 0.0611. The summed E-state index contributed by atoms with van der Waals surface area (Å²) < 4.78 is 5.28. The molecule has 7 heteroatoms. The molecular weight excluding hydrogens is 354 g/mol. The Kier molecular flexibility index (Phi) is 4.34. The van der Waals surface area contributed by atoms with Crippen LogP contribution in [-0.4, -0.2) is 28.2 Å². The van der Waals surface area contributed by atoms with E-state index in [4.69, 9.17) is 16.0 Å². The third-order valence-corrected chi connectivity index (χ3v) is 4.80. The molecule has 0 aliphatic carbocycles. The number of fused-ring (bicyclic) bond motifs is 1. The van der Waals surface area contributed by atoms with Crippen LogP contribution in [0.2, 0.25) is 5.02 Å². The van der Waals surface area contributed by atoms with Crippen LogP contribution in [0.4, 0.5) is 5.69 Å². The maximum Gasteiger partial charge on any atom is 0.229 e. The third-order valence-electron chi connectivity index (χ3n) is 4.49. The highest BCUT2D eigenvalue weighted by atomic mass is 35.5. The summed E-state index contributed by atoms with van der Waals surface area (Å²) in [5, 5.41) is 4.21. The molecule has 1 aromatic carbocycles. The van der Waals surface area contributed by atoms with Crippen LogP contribution in [0, 0.1) is 5.92 Å². The molecular formula is C19H16ClN3O3. The molecule has 2 amide bonds. The molecule has 1 saturated heterocycles. The molecule has 132 valence electrons. The summed E-state index contributed by atoms with van der Waals surface area (Å²) in [6.07, 6.45) is 3.41. The number of pyridine rings is 1. The number of aromatic nitrogens is 1. The fourth-order valence-corrected chi connectivity index (χ4v) is 3.39. The molecule has 1 fully saturated rings. The van der Waals surface area contributed by atoms with Gasteiger partial charge in [0.1, 0.15) is 5.76 Å². The minimum Gasteiger partial charge on any atom is -0.467 e.